The predicted octanol–water partition coefficient (Wildman–Crippen LogP) is 3.70. The Hall–Kier alpha value is -2.43. The molecule has 4 rings (SSSR count). The summed E-state index contributed by atoms with van der Waals surface area (Å²) in [4.78, 5) is 5.09. The molecule has 4 nitrogen and oxygen atoms in total. The van der Waals surface area contributed by atoms with E-state index in [1.807, 2.05) is 12.3 Å². The van der Waals surface area contributed by atoms with Crippen LogP contribution in [0.25, 0.3) is 11.3 Å². The maximum atomic E-state index is 4.28. The van der Waals surface area contributed by atoms with Crippen LogP contribution in [-0.4, -0.2) is 46.2 Å². The SMILES string of the molecule is Cc1cccc(CN2CCN(Cc3cn[nH]c3-c3ccccc3)CC2)c1. The molecular weight excluding hydrogens is 320 g/mol. The number of rotatable bonds is 5. The maximum absolute atomic E-state index is 4.28. The molecule has 134 valence electrons. The van der Waals surface area contributed by atoms with Crippen LogP contribution in [0.15, 0.2) is 60.8 Å². The number of aryl methyl sites for hydroxylation is 1. The van der Waals surface area contributed by atoms with Crippen molar-refractivity contribution in [3.8, 4) is 11.3 Å². The molecule has 4 heteroatoms. The van der Waals surface area contributed by atoms with Gasteiger partial charge in [0, 0.05) is 44.8 Å². The molecule has 1 fully saturated rings. The lowest BCUT2D eigenvalue weighted by molar-refractivity contribution is 0.122. The van der Waals surface area contributed by atoms with Crippen LogP contribution in [0.4, 0.5) is 0 Å². The predicted molar refractivity (Wildman–Crippen MR) is 106 cm³/mol. The van der Waals surface area contributed by atoms with Crippen molar-refractivity contribution in [2.45, 2.75) is 20.0 Å². The Labute approximate surface area is 155 Å². The molecule has 0 atom stereocenters. The number of nitrogens with zero attached hydrogens (tertiary/aromatic N) is 3. The van der Waals surface area contributed by atoms with Gasteiger partial charge in [-0.1, -0.05) is 60.2 Å². The second-order valence-corrected chi connectivity index (χ2v) is 7.18. The fourth-order valence-electron chi connectivity index (χ4n) is 3.70. The van der Waals surface area contributed by atoms with Gasteiger partial charge < -0.3 is 0 Å². The second kappa shape index (κ2) is 7.85. The van der Waals surface area contributed by atoms with E-state index in [9.17, 15) is 0 Å². The average molecular weight is 346 g/mol. The van der Waals surface area contributed by atoms with E-state index in [0.717, 1.165) is 45.0 Å². The third kappa shape index (κ3) is 4.03. The lowest BCUT2D eigenvalue weighted by Crippen LogP contribution is -2.45. The monoisotopic (exact) mass is 346 g/mol. The number of aromatic amines is 1. The van der Waals surface area contributed by atoms with Crippen LogP contribution < -0.4 is 0 Å². The van der Waals surface area contributed by atoms with Crippen molar-refractivity contribution in [2.24, 2.45) is 0 Å². The van der Waals surface area contributed by atoms with Crippen molar-refractivity contribution < 1.29 is 0 Å². The summed E-state index contributed by atoms with van der Waals surface area (Å²) in [7, 11) is 0. The average Bonchev–Trinajstić information content (AvgIpc) is 3.12. The molecule has 0 spiro atoms. The topological polar surface area (TPSA) is 35.2 Å². The maximum Gasteiger partial charge on any atom is 0.0695 e. The van der Waals surface area contributed by atoms with Crippen molar-refractivity contribution in [1.29, 1.82) is 0 Å². The molecule has 0 radical (unpaired) electrons. The first-order valence-electron chi connectivity index (χ1n) is 9.36. The van der Waals surface area contributed by atoms with Gasteiger partial charge in [-0.15, -0.1) is 0 Å². The number of nitrogens with one attached hydrogen (secondary N) is 1. The Morgan fingerprint density at radius 3 is 2.35 bits per heavy atom. The molecular formula is C22H26N4. The molecule has 0 unspecified atom stereocenters. The number of benzene rings is 2. The summed E-state index contributed by atoms with van der Waals surface area (Å²) in [5, 5.41) is 7.45. The van der Waals surface area contributed by atoms with Crippen LogP contribution >= 0.6 is 0 Å². The minimum atomic E-state index is 0.957. The fraction of sp³-hybridized carbons (Fsp3) is 0.318. The molecule has 1 aromatic heterocycles. The van der Waals surface area contributed by atoms with Crippen LogP contribution in [0, 0.1) is 6.92 Å². The van der Waals surface area contributed by atoms with Gasteiger partial charge in [0.1, 0.15) is 0 Å². The van der Waals surface area contributed by atoms with Gasteiger partial charge in [-0.3, -0.25) is 14.9 Å². The number of hydrogen-bond donors (Lipinski definition) is 1. The second-order valence-electron chi connectivity index (χ2n) is 7.18. The van der Waals surface area contributed by atoms with Crippen LogP contribution in [-0.2, 0) is 13.1 Å². The largest absolute Gasteiger partial charge is 0.297 e. The normalized spacial score (nSPS) is 16.0. The van der Waals surface area contributed by atoms with E-state index >= 15 is 0 Å². The van der Waals surface area contributed by atoms with Gasteiger partial charge in [-0.05, 0) is 18.1 Å². The van der Waals surface area contributed by atoms with Crippen molar-refractivity contribution in [3.63, 3.8) is 0 Å². The number of hydrogen-bond acceptors (Lipinski definition) is 3. The lowest BCUT2D eigenvalue weighted by atomic mass is 10.1. The van der Waals surface area contributed by atoms with Crippen molar-refractivity contribution in [1.82, 2.24) is 20.0 Å². The fourth-order valence-corrected chi connectivity index (χ4v) is 3.70. The van der Waals surface area contributed by atoms with Crippen molar-refractivity contribution in [3.05, 3.63) is 77.5 Å². The van der Waals surface area contributed by atoms with E-state index in [1.54, 1.807) is 0 Å². The molecule has 0 saturated carbocycles. The Balaban J connectivity index is 1.34. The molecule has 0 bridgehead atoms. The Bertz CT molecular complexity index is 832. The molecule has 2 heterocycles. The number of aromatic nitrogens is 2. The van der Waals surface area contributed by atoms with Crippen molar-refractivity contribution in [2.75, 3.05) is 26.2 Å². The Morgan fingerprint density at radius 1 is 0.885 bits per heavy atom. The summed E-state index contributed by atoms with van der Waals surface area (Å²) in [6.07, 6.45) is 1.97. The van der Waals surface area contributed by atoms with Crippen molar-refractivity contribution >= 4 is 0 Å². The molecule has 1 aliphatic rings. The molecule has 0 amide bonds. The van der Waals surface area contributed by atoms with E-state index in [0.29, 0.717) is 0 Å². The summed E-state index contributed by atoms with van der Waals surface area (Å²) in [5.41, 5.74) is 6.39. The highest BCUT2D eigenvalue weighted by Gasteiger charge is 2.19. The molecule has 1 aliphatic heterocycles. The third-order valence-corrected chi connectivity index (χ3v) is 5.13. The van der Waals surface area contributed by atoms with Gasteiger partial charge in [0.15, 0.2) is 0 Å². The van der Waals surface area contributed by atoms with Gasteiger partial charge in [-0.2, -0.15) is 5.10 Å². The number of H-pyrrole nitrogens is 1. The van der Waals surface area contributed by atoms with Gasteiger partial charge >= 0.3 is 0 Å². The van der Waals surface area contributed by atoms with Gasteiger partial charge in [0.2, 0.25) is 0 Å². The van der Waals surface area contributed by atoms with E-state index in [2.05, 4.69) is 75.5 Å². The first-order chi connectivity index (χ1) is 12.8. The molecule has 1 N–H and O–H groups in total. The van der Waals surface area contributed by atoms with E-state index < -0.39 is 0 Å². The minimum absolute atomic E-state index is 0.957. The minimum Gasteiger partial charge on any atom is -0.297 e. The van der Waals surface area contributed by atoms with E-state index in [1.165, 1.54) is 22.3 Å². The molecule has 1 saturated heterocycles. The lowest BCUT2D eigenvalue weighted by Gasteiger charge is -2.34. The smallest absolute Gasteiger partial charge is 0.0695 e. The summed E-state index contributed by atoms with van der Waals surface area (Å²) in [5.74, 6) is 0. The number of piperazine rings is 1. The zero-order valence-corrected chi connectivity index (χ0v) is 15.4. The van der Waals surface area contributed by atoms with E-state index in [4.69, 9.17) is 0 Å². The highest BCUT2D eigenvalue weighted by molar-refractivity contribution is 5.62. The van der Waals surface area contributed by atoms with Gasteiger partial charge in [-0.25, -0.2) is 0 Å². The molecule has 3 aromatic rings. The Morgan fingerprint density at radius 2 is 1.62 bits per heavy atom. The van der Waals surface area contributed by atoms with Crippen LogP contribution in [0.5, 0.6) is 0 Å². The highest BCUT2D eigenvalue weighted by atomic mass is 15.3. The van der Waals surface area contributed by atoms with Gasteiger partial charge in [0.05, 0.1) is 11.9 Å². The summed E-state index contributed by atoms with van der Waals surface area (Å²) < 4.78 is 0. The quantitative estimate of drug-likeness (QED) is 0.765. The third-order valence-electron chi connectivity index (χ3n) is 5.13. The van der Waals surface area contributed by atoms with Crippen LogP contribution in [0.1, 0.15) is 16.7 Å². The zero-order chi connectivity index (χ0) is 17.8. The molecule has 2 aromatic carbocycles. The molecule has 26 heavy (non-hydrogen) atoms. The van der Waals surface area contributed by atoms with Crippen LogP contribution in [0.2, 0.25) is 0 Å². The summed E-state index contributed by atoms with van der Waals surface area (Å²) in [6.45, 7) is 8.61. The van der Waals surface area contributed by atoms with Crippen LogP contribution in [0.3, 0.4) is 0 Å². The molecule has 0 aliphatic carbocycles. The standard InChI is InChI=1S/C22H26N4/c1-18-6-5-7-19(14-18)16-25-10-12-26(13-11-25)17-21-15-23-24-22(21)20-8-3-2-4-9-20/h2-9,14-15H,10-13,16-17H2,1H3,(H,23,24). The van der Waals surface area contributed by atoms with E-state index in [-0.39, 0.29) is 0 Å². The summed E-state index contributed by atoms with van der Waals surface area (Å²) in [6, 6.07) is 19.3. The summed E-state index contributed by atoms with van der Waals surface area (Å²) >= 11 is 0. The highest BCUT2D eigenvalue weighted by Crippen LogP contribution is 2.22. The Kier molecular flexibility index (Phi) is 5.14. The van der Waals surface area contributed by atoms with Gasteiger partial charge in [0.25, 0.3) is 0 Å². The zero-order valence-electron chi connectivity index (χ0n) is 15.4. The first kappa shape index (κ1) is 17.0. The first-order valence-corrected chi connectivity index (χ1v) is 9.36.